The van der Waals surface area contributed by atoms with Gasteiger partial charge in [-0.25, -0.2) is 4.79 Å². The van der Waals surface area contributed by atoms with Crippen molar-refractivity contribution in [2.45, 2.75) is 50.4 Å². The number of hydrogen-bond acceptors (Lipinski definition) is 7. The number of aliphatic hydroxyl groups is 1. The number of nitrogens with zero attached hydrogens (tertiary/aromatic N) is 1. The van der Waals surface area contributed by atoms with Crippen LogP contribution in [0.1, 0.15) is 25.3 Å². The Hall–Kier alpha value is -3.18. The number of carboxylic acid groups (broad SMARTS) is 1. The van der Waals surface area contributed by atoms with Gasteiger partial charge in [0.15, 0.2) is 0 Å². The van der Waals surface area contributed by atoms with Crippen LogP contribution < -0.4 is 16.4 Å². The van der Waals surface area contributed by atoms with E-state index < -0.39 is 54.5 Å². The van der Waals surface area contributed by atoms with Crippen LogP contribution in [0.3, 0.4) is 0 Å². The van der Waals surface area contributed by atoms with Crippen molar-refractivity contribution in [1.29, 1.82) is 0 Å². The van der Waals surface area contributed by atoms with Gasteiger partial charge in [0.1, 0.15) is 23.9 Å². The molecular formula is C20H28N4O7. The van der Waals surface area contributed by atoms with Gasteiger partial charge < -0.3 is 36.6 Å². The molecule has 1 aliphatic rings. The van der Waals surface area contributed by atoms with E-state index in [2.05, 4.69) is 10.6 Å². The van der Waals surface area contributed by atoms with Crippen LogP contribution in [-0.2, 0) is 25.6 Å². The Morgan fingerprint density at radius 1 is 1.13 bits per heavy atom. The van der Waals surface area contributed by atoms with E-state index in [1.165, 1.54) is 24.0 Å². The molecule has 3 amide bonds. The lowest BCUT2D eigenvalue weighted by Crippen LogP contribution is -2.58. The van der Waals surface area contributed by atoms with Gasteiger partial charge in [-0.05, 0) is 37.5 Å². The average molecular weight is 436 g/mol. The Balaban J connectivity index is 2.22. The summed E-state index contributed by atoms with van der Waals surface area (Å²) in [4.78, 5) is 50.3. The second-order valence-corrected chi connectivity index (χ2v) is 7.49. The summed E-state index contributed by atoms with van der Waals surface area (Å²) < 4.78 is 0. The third-order valence-corrected chi connectivity index (χ3v) is 5.04. The largest absolute Gasteiger partial charge is 0.508 e. The zero-order valence-corrected chi connectivity index (χ0v) is 17.2. The fourth-order valence-corrected chi connectivity index (χ4v) is 3.32. The van der Waals surface area contributed by atoms with Gasteiger partial charge in [-0.1, -0.05) is 12.1 Å². The first-order valence-corrected chi connectivity index (χ1v) is 9.92. The number of likely N-dealkylation sites (tertiary alicyclic amines) is 1. The van der Waals surface area contributed by atoms with Gasteiger partial charge in [-0.2, -0.15) is 0 Å². The maximum Gasteiger partial charge on any atom is 0.326 e. The predicted molar refractivity (Wildman–Crippen MR) is 109 cm³/mol. The van der Waals surface area contributed by atoms with Crippen molar-refractivity contribution in [3.8, 4) is 5.75 Å². The monoisotopic (exact) mass is 436 g/mol. The molecule has 2 rings (SSSR count). The molecule has 1 aromatic carbocycles. The summed E-state index contributed by atoms with van der Waals surface area (Å²) in [6.07, 6.45) is 0.851. The maximum atomic E-state index is 13.1. The summed E-state index contributed by atoms with van der Waals surface area (Å²) in [6, 6.07) is 1.63. The van der Waals surface area contributed by atoms with Crippen LogP contribution in [0.2, 0.25) is 0 Å². The first kappa shape index (κ1) is 24.1. The molecule has 1 fully saturated rings. The first-order valence-electron chi connectivity index (χ1n) is 9.92. The predicted octanol–water partition coefficient (Wildman–Crippen LogP) is -1.68. The smallest absolute Gasteiger partial charge is 0.326 e. The quantitative estimate of drug-likeness (QED) is 0.265. The number of benzene rings is 1. The highest BCUT2D eigenvalue weighted by atomic mass is 16.4. The Morgan fingerprint density at radius 2 is 1.74 bits per heavy atom. The van der Waals surface area contributed by atoms with Gasteiger partial charge in [-0.15, -0.1) is 0 Å². The molecule has 1 heterocycles. The minimum Gasteiger partial charge on any atom is -0.508 e. The lowest BCUT2D eigenvalue weighted by molar-refractivity contribution is -0.149. The second kappa shape index (κ2) is 10.7. The highest BCUT2D eigenvalue weighted by Gasteiger charge is 2.38. The number of nitrogens with one attached hydrogen (secondary N) is 2. The van der Waals surface area contributed by atoms with E-state index in [4.69, 9.17) is 5.73 Å². The SMILES string of the molecule is CC(N)C(=O)NC(CO)C(=O)NC(Cc1ccc(O)cc1)C(=O)N1CCCC1C(=O)O. The minimum absolute atomic E-state index is 0.0209. The number of aromatic hydroxyl groups is 1. The molecule has 1 aromatic rings. The summed E-state index contributed by atoms with van der Waals surface area (Å²) in [7, 11) is 0. The number of amides is 3. The summed E-state index contributed by atoms with van der Waals surface area (Å²) >= 11 is 0. The van der Waals surface area contributed by atoms with Gasteiger partial charge in [0.25, 0.3) is 0 Å². The number of carbonyl (C=O) groups is 4. The van der Waals surface area contributed by atoms with E-state index in [9.17, 15) is 34.5 Å². The highest BCUT2D eigenvalue weighted by Crippen LogP contribution is 2.20. The average Bonchev–Trinajstić information content (AvgIpc) is 3.22. The second-order valence-electron chi connectivity index (χ2n) is 7.49. The van der Waals surface area contributed by atoms with Crippen LogP contribution in [0.5, 0.6) is 5.75 Å². The summed E-state index contributed by atoms with van der Waals surface area (Å²) in [5.74, 6) is -3.14. The van der Waals surface area contributed by atoms with Gasteiger partial charge in [0, 0.05) is 13.0 Å². The molecule has 7 N–H and O–H groups in total. The molecule has 0 aromatic heterocycles. The van der Waals surface area contributed by atoms with Gasteiger partial charge in [0.05, 0.1) is 12.6 Å². The van der Waals surface area contributed by atoms with E-state index in [1.54, 1.807) is 12.1 Å². The summed E-state index contributed by atoms with van der Waals surface area (Å²) in [5.41, 5.74) is 6.08. The van der Waals surface area contributed by atoms with Crippen LogP contribution in [-0.4, -0.2) is 81.2 Å². The van der Waals surface area contributed by atoms with Gasteiger partial charge in [-0.3, -0.25) is 14.4 Å². The highest BCUT2D eigenvalue weighted by molar-refractivity contribution is 5.94. The van der Waals surface area contributed by atoms with Crippen molar-refractivity contribution in [3.05, 3.63) is 29.8 Å². The molecule has 0 radical (unpaired) electrons. The molecule has 170 valence electrons. The zero-order valence-electron chi connectivity index (χ0n) is 17.2. The summed E-state index contributed by atoms with van der Waals surface area (Å²) in [6.45, 7) is 0.937. The van der Waals surface area contributed by atoms with E-state index in [0.717, 1.165) is 0 Å². The number of phenols is 1. The number of phenolic OH excluding ortho intramolecular Hbond substituents is 1. The number of aliphatic hydroxyl groups excluding tert-OH is 1. The zero-order chi connectivity index (χ0) is 23.1. The molecule has 11 nitrogen and oxygen atoms in total. The summed E-state index contributed by atoms with van der Waals surface area (Å²) in [5, 5.41) is 33.2. The van der Waals surface area contributed by atoms with E-state index in [-0.39, 0.29) is 18.7 Å². The Bertz CT molecular complexity index is 812. The molecule has 1 aliphatic heterocycles. The third kappa shape index (κ3) is 6.40. The molecular weight excluding hydrogens is 408 g/mol. The van der Waals surface area contributed by atoms with Crippen LogP contribution in [0.4, 0.5) is 0 Å². The maximum absolute atomic E-state index is 13.1. The fraction of sp³-hybridized carbons (Fsp3) is 0.500. The first-order chi connectivity index (χ1) is 14.6. The Labute approximate surface area is 179 Å². The van der Waals surface area contributed by atoms with Crippen LogP contribution in [0.15, 0.2) is 24.3 Å². The molecule has 31 heavy (non-hydrogen) atoms. The molecule has 0 spiro atoms. The lowest BCUT2D eigenvalue weighted by atomic mass is 10.0. The number of rotatable bonds is 9. The number of aliphatic carboxylic acids is 1. The molecule has 4 atom stereocenters. The van der Waals surface area contributed by atoms with E-state index in [0.29, 0.717) is 18.4 Å². The van der Waals surface area contributed by atoms with Crippen LogP contribution in [0.25, 0.3) is 0 Å². The third-order valence-electron chi connectivity index (χ3n) is 5.04. The van der Waals surface area contributed by atoms with E-state index >= 15 is 0 Å². The van der Waals surface area contributed by atoms with Crippen molar-refractivity contribution in [2.75, 3.05) is 13.2 Å². The normalized spacial score (nSPS) is 18.7. The minimum atomic E-state index is -1.33. The van der Waals surface area contributed by atoms with E-state index in [1.807, 2.05) is 0 Å². The Kier molecular flexibility index (Phi) is 8.34. The number of carboxylic acids is 1. The number of carbonyl (C=O) groups excluding carboxylic acids is 3. The molecule has 11 heteroatoms. The van der Waals surface area contributed by atoms with Gasteiger partial charge >= 0.3 is 5.97 Å². The van der Waals surface area contributed by atoms with Crippen molar-refractivity contribution in [2.24, 2.45) is 5.73 Å². The molecule has 0 aliphatic carbocycles. The molecule has 1 saturated heterocycles. The van der Waals surface area contributed by atoms with Crippen molar-refractivity contribution in [3.63, 3.8) is 0 Å². The topological polar surface area (TPSA) is 182 Å². The van der Waals surface area contributed by atoms with Crippen molar-refractivity contribution in [1.82, 2.24) is 15.5 Å². The standard InChI is InChI=1S/C20H28N4O7/c1-11(21)17(27)23-15(10-25)18(28)22-14(9-12-4-6-13(26)7-5-12)19(29)24-8-2-3-16(24)20(30)31/h4-7,11,14-16,25-26H,2-3,8-10,21H2,1H3,(H,22,28)(H,23,27)(H,30,31). The molecule has 0 bridgehead atoms. The van der Waals surface area contributed by atoms with Crippen LogP contribution in [0, 0.1) is 0 Å². The lowest BCUT2D eigenvalue weighted by Gasteiger charge is -2.28. The van der Waals surface area contributed by atoms with Crippen molar-refractivity contribution >= 4 is 23.7 Å². The van der Waals surface area contributed by atoms with Gasteiger partial charge in [0.2, 0.25) is 17.7 Å². The Morgan fingerprint density at radius 3 is 2.29 bits per heavy atom. The number of hydrogen-bond donors (Lipinski definition) is 6. The van der Waals surface area contributed by atoms with Crippen molar-refractivity contribution < 1.29 is 34.5 Å². The molecule has 0 saturated carbocycles. The number of nitrogens with two attached hydrogens (primary N) is 1. The fourth-order valence-electron chi connectivity index (χ4n) is 3.32. The molecule has 4 unspecified atom stereocenters. The van der Waals surface area contributed by atoms with Crippen LogP contribution >= 0.6 is 0 Å².